The molecule has 1 fully saturated rings. The first kappa shape index (κ1) is 17.1. The van der Waals surface area contributed by atoms with Crippen LogP contribution in [0, 0.1) is 10.1 Å². The number of amides is 1. The number of carbonyl (C=O) groups is 1. The standard InChI is InChI=1S/C17H21N5O3/c1-12(13-4-2-5-14(10-13)22(24)25)19-17(23)16-7-9-21(20-16)15-6-3-8-18-11-15/h2,4-5,7,9-10,12,15,18H,3,6,8,11H2,1H3,(H,19,23). The molecule has 0 spiro atoms. The number of carbonyl (C=O) groups excluding carboxylic acids is 1. The monoisotopic (exact) mass is 343 g/mol. The van der Waals surface area contributed by atoms with Crippen molar-refractivity contribution in [3.05, 3.63) is 57.9 Å². The lowest BCUT2D eigenvalue weighted by Crippen LogP contribution is -2.32. The van der Waals surface area contributed by atoms with E-state index in [0.717, 1.165) is 25.9 Å². The van der Waals surface area contributed by atoms with E-state index in [9.17, 15) is 14.9 Å². The van der Waals surface area contributed by atoms with E-state index in [0.29, 0.717) is 11.3 Å². The minimum Gasteiger partial charge on any atom is -0.344 e. The molecule has 2 unspecified atom stereocenters. The molecular weight excluding hydrogens is 322 g/mol. The maximum atomic E-state index is 12.4. The molecule has 0 saturated carbocycles. The van der Waals surface area contributed by atoms with E-state index in [-0.39, 0.29) is 23.7 Å². The summed E-state index contributed by atoms with van der Waals surface area (Å²) in [6, 6.07) is 7.88. The first-order valence-corrected chi connectivity index (χ1v) is 8.35. The van der Waals surface area contributed by atoms with Gasteiger partial charge in [-0.2, -0.15) is 5.10 Å². The molecular formula is C17H21N5O3. The highest BCUT2D eigenvalue weighted by Gasteiger charge is 2.19. The fourth-order valence-corrected chi connectivity index (χ4v) is 2.98. The molecule has 3 rings (SSSR count). The van der Waals surface area contributed by atoms with Gasteiger partial charge in [-0.25, -0.2) is 0 Å². The van der Waals surface area contributed by atoms with Crippen molar-refractivity contribution in [3.8, 4) is 0 Å². The van der Waals surface area contributed by atoms with Crippen molar-refractivity contribution in [1.29, 1.82) is 0 Å². The van der Waals surface area contributed by atoms with Crippen LogP contribution >= 0.6 is 0 Å². The highest BCUT2D eigenvalue weighted by molar-refractivity contribution is 5.92. The Hall–Kier alpha value is -2.74. The Balaban J connectivity index is 1.66. The Bertz CT molecular complexity index is 767. The zero-order valence-electron chi connectivity index (χ0n) is 14.0. The first-order chi connectivity index (χ1) is 12.0. The van der Waals surface area contributed by atoms with Gasteiger partial charge in [0.25, 0.3) is 11.6 Å². The van der Waals surface area contributed by atoms with E-state index in [1.54, 1.807) is 25.1 Å². The molecule has 0 aliphatic carbocycles. The normalized spacial score (nSPS) is 18.5. The zero-order chi connectivity index (χ0) is 17.8. The summed E-state index contributed by atoms with van der Waals surface area (Å²) in [5.41, 5.74) is 1.04. The summed E-state index contributed by atoms with van der Waals surface area (Å²) in [4.78, 5) is 22.8. The average Bonchev–Trinajstić information content (AvgIpc) is 3.13. The minimum absolute atomic E-state index is 0.00711. The molecule has 0 bridgehead atoms. The summed E-state index contributed by atoms with van der Waals surface area (Å²) in [6.07, 6.45) is 3.96. The molecule has 1 aliphatic heterocycles. The molecule has 2 aromatic rings. The predicted octanol–water partition coefficient (Wildman–Crippen LogP) is 2.21. The van der Waals surface area contributed by atoms with Crippen molar-refractivity contribution < 1.29 is 9.72 Å². The number of rotatable bonds is 5. The Kier molecular flexibility index (Phi) is 5.08. The third-order valence-electron chi connectivity index (χ3n) is 4.41. The van der Waals surface area contributed by atoms with Crippen molar-refractivity contribution in [2.45, 2.75) is 31.8 Å². The molecule has 132 valence electrons. The Morgan fingerprint density at radius 3 is 3.04 bits per heavy atom. The topological polar surface area (TPSA) is 102 Å². The number of piperidine rings is 1. The van der Waals surface area contributed by atoms with Crippen LogP contribution in [0.2, 0.25) is 0 Å². The predicted molar refractivity (Wildman–Crippen MR) is 92.3 cm³/mol. The maximum Gasteiger partial charge on any atom is 0.272 e. The summed E-state index contributed by atoms with van der Waals surface area (Å²) in [7, 11) is 0. The molecule has 25 heavy (non-hydrogen) atoms. The molecule has 1 saturated heterocycles. The largest absolute Gasteiger partial charge is 0.344 e. The summed E-state index contributed by atoms with van der Waals surface area (Å²) >= 11 is 0. The molecule has 8 nitrogen and oxygen atoms in total. The van der Waals surface area contributed by atoms with Crippen molar-refractivity contribution in [2.75, 3.05) is 13.1 Å². The third kappa shape index (κ3) is 4.03. The molecule has 2 heterocycles. The van der Waals surface area contributed by atoms with E-state index in [1.807, 2.05) is 10.9 Å². The maximum absolute atomic E-state index is 12.4. The van der Waals surface area contributed by atoms with Gasteiger partial charge in [0.15, 0.2) is 0 Å². The zero-order valence-corrected chi connectivity index (χ0v) is 14.0. The molecule has 2 atom stereocenters. The highest BCUT2D eigenvalue weighted by Crippen LogP contribution is 2.20. The van der Waals surface area contributed by atoms with Crippen LogP contribution < -0.4 is 10.6 Å². The molecule has 1 amide bonds. The van der Waals surface area contributed by atoms with Crippen molar-refractivity contribution >= 4 is 11.6 Å². The van der Waals surface area contributed by atoms with Gasteiger partial charge in [0.05, 0.1) is 17.0 Å². The lowest BCUT2D eigenvalue weighted by atomic mass is 10.1. The Morgan fingerprint density at radius 2 is 2.32 bits per heavy atom. The summed E-state index contributed by atoms with van der Waals surface area (Å²) in [5, 5.41) is 21.4. The van der Waals surface area contributed by atoms with Gasteiger partial charge in [-0.15, -0.1) is 0 Å². The SMILES string of the molecule is CC(NC(=O)c1ccn(C2CCCNC2)n1)c1cccc([N+](=O)[O-])c1. The van der Waals surface area contributed by atoms with Gasteiger partial charge in [0, 0.05) is 24.9 Å². The molecule has 1 aliphatic rings. The van der Waals surface area contributed by atoms with Gasteiger partial charge in [0.1, 0.15) is 5.69 Å². The molecule has 1 aromatic heterocycles. The quantitative estimate of drug-likeness (QED) is 0.640. The lowest BCUT2D eigenvalue weighted by molar-refractivity contribution is -0.384. The van der Waals surface area contributed by atoms with Crippen LogP contribution in [0.5, 0.6) is 0 Å². The van der Waals surface area contributed by atoms with Crippen LogP contribution in [-0.2, 0) is 0 Å². The van der Waals surface area contributed by atoms with Gasteiger partial charge < -0.3 is 10.6 Å². The number of hydrogen-bond donors (Lipinski definition) is 2. The molecule has 8 heteroatoms. The lowest BCUT2D eigenvalue weighted by Gasteiger charge is -2.22. The smallest absolute Gasteiger partial charge is 0.272 e. The minimum atomic E-state index is -0.447. The van der Waals surface area contributed by atoms with Crippen LogP contribution in [0.3, 0.4) is 0 Å². The van der Waals surface area contributed by atoms with Crippen LogP contribution in [0.25, 0.3) is 0 Å². The van der Waals surface area contributed by atoms with E-state index >= 15 is 0 Å². The van der Waals surface area contributed by atoms with E-state index in [1.165, 1.54) is 12.1 Å². The van der Waals surface area contributed by atoms with Gasteiger partial charge >= 0.3 is 0 Å². The number of hydrogen-bond acceptors (Lipinski definition) is 5. The van der Waals surface area contributed by atoms with Crippen molar-refractivity contribution in [2.24, 2.45) is 0 Å². The second kappa shape index (κ2) is 7.43. The number of nitrogens with zero attached hydrogens (tertiary/aromatic N) is 3. The fourth-order valence-electron chi connectivity index (χ4n) is 2.98. The highest BCUT2D eigenvalue weighted by atomic mass is 16.6. The number of nitro groups is 1. The fraction of sp³-hybridized carbons (Fsp3) is 0.412. The first-order valence-electron chi connectivity index (χ1n) is 8.35. The van der Waals surface area contributed by atoms with Crippen LogP contribution in [0.1, 0.15) is 47.9 Å². The van der Waals surface area contributed by atoms with E-state index < -0.39 is 4.92 Å². The van der Waals surface area contributed by atoms with Crippen LogP contribution in [0.15, 0.2) is 36.5 Å². The second-order valence-corrected chi connectivity index (χ2v) is 6.23. The van der Waals surface area contributed by atoms with E-state index in [2.05, 4.69) is 15.7 Å². The molecule has 0 radical (unpaired) electrons. The molecule has 2 N–H and O–H groups in total. The number of nitro benzene ring substituents is 1. The Morgan fingerprint density at radius 1 is 1.48 bits per heavy atom. The van der Waals surface area contributed by atoms with Crippen molar-refractivity contribution in [1.82, 2.24) is 20.4 Å². The summed E-state index contributed by atoms with van der Waals surface area (Å²) in [6.45, 7) is 3.66. The number of non-ortho nitro benzene ring substituents is 1. The number of nitrogens with one attached hydrogen (secondary N) is 2. The van der Waals surface area contributed by atoms with Crippen LogP contribution in [-0.4, -0.2) is 33.7 Å². The van der Waals surface area contributed by atoms with Gasteiger partial charge in [-0.05, 0) is 37.9 Å². The second-order valence-electron chi connectivity index (χ2n) is 6.23. The van der Waals surface area contributed by atoms with Gasteiger partial charge in [-0.1, -0.05) is 12.1 Å². The average molecular weight is 343 g/mol. The number of benzene rings is 1. The number of aromatic nitrogens is 2. The van der Waals surface area contributed by atoms with Gasteiger partial charge in [0.2, 0.25) is 0 Å². The summed E-state index contributed by atoms with van der Waals surface area (Å²) < 4.78 is 1.83. The van der Waals surface area contributed by atoms with Gasteiger partial charge in [-0.3, -0.25) is 19.6 Å². The third-order valence-corrected chi connectivity index (χ3v) is 4.41. The van der Waals surface area contributed by atoms with E-state index in [4.69, 9.17) is 0 Å². The molecule has 1 aromatic carbocycles. The van der Waals surface area contributed by atoms with Crippen molar-refractivity contribution in [3.63, 3.8) is 0 Å². The Labute approximate surface area is 145 Å². The van der Waals surface area contributed by atoms with Crippen LogP contribution in [0.4, 0.5) is 5.69 Å². The summed E-state index contributed by atoms with van der Waals surface area (Å²) in [5.74, 6) is -0.290.